The predicted octanol–water partition coefficient (Wildman–Crippen LogP) is 1.02. The maximum absolute atomic E-state index is 12.3. The zero-order valence-corrected chi connectivity index (χ0v) is 16.5. The van der Waals surface area contributed by atoms with Gasteiger partial charge in [-0.2, -0.15) is 4.52 Å². The quantitative estimate of drug-likeness (QED) is 0.819. The SMILES string of the molecule is CCCc1cc(=O)n2nc(N3CCC(N4CCCC4C(N)=O)CC3)sc2n1. The van der Waals surface area contributed by atoms with Gasteiger partial charge in [0.2, 0.25) is 16.0 Å². The van der Waals surface area contributed by atoms with Gasteiger partial charge < -0.3 is 10.6 Å². The zero-order valence-electron chi connectivity index (χ0n) is 15.6. The number of primary amides is 1. The van der Waals surface area contributed by atoms with Gasteiger partial charge in [0, 0.05) is 30.9 Å². The van der Waals surface area contributed by atoms with E-state index in [0.717, 1.165) is 69.0 Å². The molecule has 2 N–H and O–H groups in total. The molecule has 1 amide bonds. The number of aromatic nitrogens is 3. The highest BCUT2D eigenvalue weighted by Crippen LogP contribution is 2.29. The summed E-state index contributed by atoms with van der Waals surface area (Å²) in [7, 11) is 0. The van der Waals surface area contributed by atoms with E-state index in [1.165, 1.54) is 15.9 Å². The molecule has 27 heavy (non-hydrogen) atoms. The van der Waals surface area contributed by atoms with E-state index >= 15 is 0 Å². The third-order valence-corrected chi connectivity index (χ3v) is 6.59. The number of fused-ring (bicyclic) bond motifs is 1. The molecule has 9 heteroatoms. The van der Waals surface area contributed by atoms with Gasteiger partial charge in [0.1, 0.15) is 0 Å². The van der Waals surface area contributed by atoms with Crippen LogP contribution in [0.5, 0.6) is 0 Å². The number of nitrogens with two attached hydrogens (primary N) is 1. The summed E-state index contributed by atoms with van der Waals surface area (Å²) in [5, 5.41) is 5.35. The molecule has 4 rings (SSSR count). The lowest BCUT2D eigenvalue weighted by atomic mass is 10.0. The molecule has 146 valence electrons. The van der Waals surface area contributed by atoms with Crippen LogP contribution in [0.2, 0.25) is 0 Å². The van der Waals surface area contributed by atoms with Crippen molar-refractivity contribution in [3.05, 3.63) is 22.1 Å². The summed E-state index contributed by atoms with van der Waals surface area (Å²) in [5.74, 6) is -0.200. The summed E-state index contributed by atoms with van der Waals surface area (Å²) < 4.78 is 1.41. The lowest BCUT2D eigenvalue weighted by Gasteiger charge is -2.38. The minimum atomic E-state index is -0.200. The number of amides is 1. The molecule has 2 fully saturated rings. The Hall–Kier alpha value is -2.00. The lowest BCUT2D eigenvalue weighted by molar-refractivity contribution is -0.123. The minimum Gasteiger partial charge on any atom is -0.368 e. The maximum atomic E-state index is 12.3. The van der Waals surface area contributed by atoms with Gasteiger partial charge in [-0.1, -0.05) is 24.7 Å². The summed E-state index contributed by atoms with van der Waals surface area (Å²) in [6.07, 6.45) is 5.64. The molecule has 0 saturated carbocycles. The Morgan fingerprint density at radius 1 is 1.30 bits per heavy atom. The van der Waals surface area contributed by atoms with Crippen molar-refractivity contribution in [2.45, 2.75) is 57.5 Å². The van der Waals surface area contributed by atoms with Gasteiger partial charge in [0.25, 0.3) is 5.56 Å². The Labute approximate surface area is 162 Å². The second-order valence-electron chi connectivity index (χ2n) is 7.43. The second-order valence-corrected chi connectivity index (χ2v) is 8.37. The van der Waals surface area contributed by atoms with Gasteiger partial charge in [-0.15, -0.1) is 5.10 Å². The molecule has 1 unspecified atom stereocenters. The minimum absolute atomic E-state index is 0.108. The molecule has 4 heterocycles. The Balaban J connectivity index is 1.47. The predicted molar refractivity (Wildman–Crippen MR) is 105 cm³/mol. The van der Waals surface area contributed by atoms with Gasteiger partial charge in [-0.05, 0) is 38.6 Å². The van der Waals surface area contributed by atoms with Gasteiger partial charge in [-0.3, -0.25) is 14.5 Å². The van der Waals surface area contributed by atoms with Crippen molar-refractivity contribution in [1.82, 2.24) is 19.5 Å². The van der Waals surface area contributed by atoms with E-state index in [1.807, 2.05) is 0 Å². The average Bonchev–Trinajstić information content (AvgIpc) is 3.29. The van der Waals surface area contributed by atoms with E-state index < -0.39 is 0 Å². The summed E-state index contributed by atoms with van der Waals surface area (Å²) in [5.41, 5.74) is 6.29. The van der Waals surface area contributed by atoms with Crippen molar-refractivity contribution in [3.8, 4) is 0 Å². The number of piperidine rings is 1. The summed E-state index contributed by atoms with van der Waals surface area (Å²) in [6.45, 7) is 4.76. The van der Waals surface area contributed by atoms with Crippen molar-refractivity contribution in [2.75, 3.05) is 24.5 Å². The first-order valence-electron chi connectivity index (χ1n) is 9.76. The molecule has 0 bridgehead atoms. The van der Waals surface area contributed by atoms with Crippen LogP contribution in [0, 0.1) is 0 Å². The molecule has 0 radical (unpaired) electrons. The highest BCUT2D eigenvalue weighted by atomic mass is 32.1. The van der Waals surface area contributed by atoms with Gasteiger partial charge in [0.15, 0.2) is 0 Å². The molecular weight excluding hydrogens is 364 g/mol. The van der Waals surface area contributed by atoms with Crippen molar-refractivity contribution in [1.29, 1.82) is 0 Å². The molecule has 2 aliphatic heterocycles. The van der Waals surface area contributed by atoms with Crippen LogP contribution in [-0.4, -0.2) is 57.1 Å². The third kappa shape index (κ3) is 3.58. The van der Waals surface area contributed by atoms with Crippen molar-refractivity contribution < 1.29 is 4.79 Å². The van der Waals surface area contributed by atoms with Crippen molar-refractivity contribution >= 4 is 27.3 Å². The fourth-order valence-electron chi connectivity index (χ4n) is 4.28. The van der Waals surface area contributed by atoms with E-state index in [4.69, 9.17) is 5.73 Å². The van der Waals surface area contributed by atoms with Crippen LogP contribution in [0.1, 0.15) is 44.7 Å². The largest absolute Gasteiger partial charge is 0.368 e. The van der Waals surface area contributed by atoms with Crippen LogP contribution in [-0.2, 0) is 11.2 Å². The van der Waals surface area contributed by atoms with Crippen molar-refractivity contribution in [2.24, 2.45) is 5.73 Å². The fourth-order valence-corrected chi connectivity index (χ4v) is 5.26. The number of hydrogen-bond acceptors (Lipinski definition) is 7. The lowest BCUT2D eigenvalue weighted by Crippen LogP contribution is -2.50. The number of aryl methyl sites for hydroxylation is 1. The summed E-state index contributed by atoms with van der Waals surface area (Å²) in [6, 6.07) is 1.88. The normalized spacial score (nSPS) is 22.0. The van der Waals surface area contributed by atoms with E-state index in [-0.39, 0.29) is 17.5 Å². The first kappa shape index (κ1) is 18.4. The van der Waals surface area contributed by atoms with Crippen LogP contribution in [0.4, 0.5) is 5.13 Å². The highest BCUT2D eigenvalue weighted by Gasteiger charge is 2.36. The maximum Gasteiger partial charge on any atom is 0.275 e. The summed E-state index contributed by atoms with van der Waals surface area (Å²) >= 11 is 1.48. The van der Waals surface area contributed by atoms with Crippen LogP contribution >= 0.6 is 11.3 Å². The Morgan fingerprint density at radius 2 is 2.07 bits per heavy atom. The molecule has 2 aromatic rings. The first-order chi connectivity index (χ1) is 13.1. The fraction of sp³-hybridized carbons (Fsp3) is 0.667. The standard InChI is InChI=1S/C18H26N6O2S/c1-2-4-12-11-15(25)24-17(20-12)27-18(21-24)22-9-6-13(7-10-22)23-8-3-5-14(23)16(19)26/h11,13-14H,2-10H2,1H3,(H2,19,26). The number of carbonyl (C=O) groups is 1. The van der Waals surface area contributed by atoms with Gasteiger partial charge in [0.05, 0.1) is 6.04 Å². The average molecular weight is 391 g/mol. The zero-order chi connectivity index (χ0) is 19.0. The molecule has 0 aliphatic carbocycles. The van der Waals surface area contributed by atoms with E-state index in [2.05, 4.69) is 26.8 Å². The number of carbonyl (C=O) groups excluding carboxylic acids is 1. The number of rotatable bonds is 5. The van der Waals surface area contributed by atoms with Crippen LogP contribution in [0.3, 0.4) is 0 Å². The molecule has 8 nitrogen and oxygen atoms in total. The van der Waals surface area contributed by atoms with E-state index in [9.17, 15) is 9.59 Å². The molecule has 0 aromatic carbocycles. The number of anilines is 1. The Bertz CT molecular complexity index is 886. The number of likely N-dealkylation sites (tertiary alicyclic amines) is 1. The molecular formula is C18H26N6O2S. The van der Waals surface area contributed by atoms with Crippen LogP contribution in [0.15, 0.2) is 10.9 Å². The number of nitrogens with zero attached hydrogens (tertiary/aromatic N) is 5. The van der Waals surface area contributed by atoms with Crippen molar-refractivity contribution in [3.63, 3.8) is 0 Å². The third-order valence-electron chi connectivity index (χ3n) is 5.62. The van der Waals surface area contributed by atoms with E-state index in [1.54, 1.807) is 6.07 Å². The molecule has 0 spiro atoms. The second kappa shape index (κ2) is 7.55. The molecule has 2 aliphatic rings. The Kier molecular flexibility index (Phi) is 5.14. The molecule has 2 aromatic heterocycles. The van der Waals surface area contributed by atoms with Crippen LogP contribution in [0.25, 0.3) is 4.96 Å². The molecule has 1 atom stereocenters. The van der Waals surface area contributed by atoms with Crippen LogP contribution < -0.4 is 16.2 Å². The molecule has 2 saturated heterocycles. The topological polar surface area (TPSA) is 96.8 Å². The van der Waals surface area contributed by atoms with Gasteiger partial charge in [-0.25, -0.2) is 4.98 Å². The first-order valence-corrected chi connectivity index (χ1v) is 10.6. The monoisotopic (exact) mass is 390 g/mol. The summed E-state index contributed by atoms with van der Waals surface area (Å²) in [4.78, 5) is 33.7. The Morgan fingerprint density at radius 3 is 2.78 bits per heavy atom. The van der Waals surface area contributed by atoms with E-state index in [0.29, 0.717) is 11.0 Å². The smallest absolute Gasteiger partial charge is 0.275 e. The number of hydrogen-bond donors (Lipinski definition) is 1. The highest BCUT2D eigenvalue weighted by molar-refractivity contribution is 7.20. The van der Waals surface area contributed by atoms with Gasteiger partial charge >= 0.3 is 0 Å².